The fraction of sp³-hybridized carbons (Fsp3) is 0.500. The molecule has 110 valence electrons. The first-order valence-electron chi connectivity index (χ1n) is 6.73. The van der Waals surface area contributed by atoms with Crippen LogP contribution in [0.1, 0.15) is 25.8 Å². The fourth-order valence-corrected chi connectivity index (χ4v) is 1.46. The van der Waals surface area contributed by atoms with Gasteiger partial charge in [0.2, 0.25) is 0 Å². The molecule has 0 unspecified atom stereocenters. The van der Waals surface area contributed by atoms with Crippen LogP contribution in [0.2, 0.25) is 0 Å². The molecule has 0 aliphatic rings. The van der Waals surface area contributed by atoms with Crippen LogP contribution < -0.4 is 4.74 Å². The van der Waals surface area contributed by atoms with Gasteiger partial charge in [-0.1, -0.05) is 25.7 Å². The second-order valence-electron chi connectivity index (χ2n) is 4.74. The Morgan fingerprint density at radius 1 is 1.25 bits per heavy atom. The van der Waals surface area contributed by atoms with Gasteiger partial charge in [-0.15, -0.1) is 0 Å². The van der Waals surface area contributed by atoms with Crippen LogP contribution in [0.15, 0.2) is 18.2 Å². The van der Waals surface area contributed by atoms with E-state index in [1.54, 1.807) is 6.07 Å². The normalized spacial score (nSPS) is 10.2. The molecule has 0 atom stereocenters. The van der Waals surface area contributed by atoms with Gasteiger partial charge < -0.3 is 14.6 Å². The van der Waals surface area contributed by atoms with Gasteiger partial charge in [-0.3, -0.25) is 0 Å². The van der Waals surface area contributed by atoms with E-state index in [4.69, 9.17) is 14.6 Å². The Morgan fingerprint density at radius 2 is 2.05 bits per heavy atom. The average Bonchev–Trinajstić information content (AvgIpc) is 2.41. The Kier molecular flexibility index (Phi) is 7.71. The Morgan fingerprint density at radius 3 is 2.70 bits per heavy atom. The van der Waals surface area contributed by atoms with E-state index in [0.717, 1.165) is 6.42 Å². The van der Waals surface area contributed by atoms with E-state index < -0.39 is 5.82 Å². The molecule has 0 heterocycles. The number of aliphatic hydroxyl groups excluding tert-OH is 1. The predicted octanol–water partition coefficient (Wildman–Crippen LogP) is 2.61. The monoisotopic (exact) mass is 280 g/mol. The molecular formula is C16H21FO3. The van der Waals surface area contributed by atoms with Gasteiger partial charge in [-0.05, 0) is 24.5 Å². The highest BCUT2D eigenvalue weighted by molar-refractivity contribution is 5.39. The van der Waals surface area contributed by atoms with Crippen LogP contribution in [0.3, 0.4) is 0 Å². The molecule has 20 heavy (non-hydrogen) atoms. The summed E-state index contributed by atoms with van der Waals surface area (Å²) in [5.74, 6) is 5.55. The van der Waals surface area contributed by atoms with Crippen molar-refractivity contribution < 1.29 is 19.0 Å². The summed E-state index contributed by atoms with van der Waals surface area (Å²) in [7, 11) is 0. The van der Waals surface area contributed by atoms with Gasteiger partial charge >= 0.3 is 0 Å². The summed E-state index contributed by atoms with van der Waals surface area (Å²) in [5, 5.41) is 8.56. The third kappa shape index (κ3) is 6.55. The number of hydrogen-bond donors (Lipinski definition) is 1. The minimum atomic E-state index is -0.454. The first-order chi connectivity index (χ1) is 9.63. The zero-order valence-electron chi connectivity index (χ0n) is 12.0. The highest BCUT2D eigenvalue weighted by atomic mass is 19.1. The molecule has 1 N–H and O–H groups in total. The molecule has 0 fully saturated rings. The maximum atomic E-state index is 13.6. The van der Waals surface area contributed by atoms with Gasteiger partial charge in [0, 0.05) is 12.7 Å². The van der Waals surface area contributed by atoms with E-state index in [9.17, 15) is 4.39 Å². The van der Waals surface area contributed by atoms with E-state index in [1.165, 1.54) is 12.1 Å². The van der Waals surface area contributed by atoms with E-state index in [0.29, 0.717) is 31.5 Å². The average molecular weight is 280 g/mol. The SMILES string of the molecule is CC(C)CCOCCOc1ccc(C#CCO)c(F)c1. The van der Waals surface area contributed by atoms with Gasteiger partial charge in [-0.25, -0.2) is 4.39 Å². The highest BCUT2D eigenvalue weighted by Crippen LogP contribution is 2.15. The molecule has 0 spiro atoms. The number of rotatable bonds is 7. The summed E-state index contributed by atoms with van der Waals surface area (Å²) in [4.78, 5) is 0. The molecule has 3 nitrogen and oxygen atoms in total. The van der Waals surface area contributed by atoms with Crippen molar-refractivity contribution in [2.45, 2.75) is 20.3 Å². The topological polar surface area (TPSA) is 38.7 Å². The van der Waals surface area contributed by atoms with Gasteiger partial charge in [0.25, 0.3) is 0 Å². The Bertz CT molecular complexity index is 461. The van der Waals surface area contributed by atoms with Crippen LogP contribution >= 0.6 is 0 Å². The third-order valence-corrected chi connectivity index (χ3v) is 2.58. The largest absolute Gasteiger partial charge is 0.491 e. The van der Waals surface area contributed by atoms with Crippen LogP contribution in [0, 0.1) is 23.6 Å². The molecule has 0 radical (unpaired) electrons. The molecule has 1 aromatic carbocycles. The lowest BCUT2D eigenvalue weighted by Crippen LogP contribution is -2.08. The van der Waals surface area contributed by atoms with Crippen molar-refractivity contribution in [1.29, 1.82) is 0 Å². The lowest BCUT2D eigenvalue weighted by molar-refractivity contribution is 0.0925. The van der Waals surface area contributed by atoms with E-state index in [2.05, 4.69) is 25.7 Å². The molecule has 0 saturated carbocycles. The Hall–Kier alpha value is -1.57. The summed E-state index contributed by atoms with van der Waals surface area (Å²) in [6, 6.07) is 4.47. The molecule has 4 heteroatoms. The second-order valence-corrected chi connectivity index (χ2v) is 4.74. The number of aliphatic hydroxyl groups is 1. The molecule has 0 amide bonds. The van der Waals surface area contributed by atoms with Gasteiger partial charge in [0.05, 0.1) is 12.2 Å². The zero-order valence-corrected chi connectivity index (χ0v) is 12.0. The zero-order chi connectivity index (χ0) is 14.8. The summed E-state index contributed by atoms with van der Waals surface area (Å²) >= 11 is 0. The van der Waals surface area contributed by atoms with Crippen LogP contribution in [-0.4, -0.2) is 31.5 Å². The van der Waals surface area contributed by atoms with E-state index >= 15 is 0 Å². The molecule has 0 aliphatic carbocycles. The third-order valence-electron chi connectivity index (χ3n) is 2.58. The van der Waals surface area contributed by atoms with Crippen LogP contribution in [0.4, 0.5) is 4.39 Å². The maximum Gasteiger partial charge on any atom is 0.142 e. The molecule has 0 aliphatic heterocycles. The van der Waals surface area contributed by atoms with Crippen molar-refractivity contribution >= 4 is 0 Å². The Labute approximate surface area is 119 Å². The van der Waals surface area contributed by atoms with Crippen molar-refractivity contribution in [1.82, 2.24) is 0 Å². The Balaban J connectivity index is 2.33. The highest BCUT2D eigenvalue weighted by Gasteiger charge is 2.02. The van der Waals surface area contributed by atoms with Crippen molar-refractivity contribution in [3.05, 3.63) is 29.6 Å². The second kappa shape index (κ2) is 9.35. The predicted molar refractivity (Wildman–Crippen MR) is 76.1 cm³/mol. The van der Waals surface area contributed by atoms with Crippen molar-refractivity contribution in [2.75, 3.05) is 26.4 Å². The summed E-state index contributed by atoms with van der Waals surface area (Å²) in [6.45, 7) is 5.59. The first kappa shape index (κ1) is 16.5. The number of benzene rings is 1. The van der Waals surface area contributed by atoms with Crippen molar-refractivity contribution in [3.8, 4) is 17.6 Å². The smallest absolute Gasteiger partial charge is 0.142 e. The first-order valence-corrected chi connectivity index (χ1v) is 6.73. The lowest BCUT2D eigenvalue weighted by atomic mass is 10.1. The summed E-state index contributed by atoms with van der Waals surface area (Å²) in [5.41, 5.74) is 0.250. The van der Waals surface area contributed by atoms with E-state index in [1.807, 2.05) is 0 Å². The summed E-state index contributed by atoms with van der Waals surface area (Å²) in [6.07, 6.45) is 1.02. The number of halogens is 1. The van der Waals surface area contributed by atoms with E-state index in [-0.39, 0.29) is 12.2 Å². The minimum Gasteiger partial charge on any atom is -0.491 e. The molecule has 0 bridgehead atoms. The van der Waals surface area contributed by atoms with Crippen LogP contribution in [0.5, 0.6) is 5.75 Å². The standard InChI is InChI=1S/C16H21FO3/c1-13(2)7-9-19-10-11-20-15-6-5-14(4-3-8-18)16(17)12-15/h5-6,12-13,18H,7-11H2,1-2H3. The number of ether oxygens (including phenoxy) is 2. The van der Waals surface area contributed by atoms with Gasteiger partial charge in [-0.2, -0.15) is 0 Å². The maximum absolute atomic E-state index is 13.6. The van der Waals surface area contributed by atoms with Crippen LogP contribution in [-0.2, 0) is 4.74 Å². The van der Waals surface area contributed by atoms with Crippen molar-refractivity contribution in [3.63, 3.8) is 0 Å². The lowest BCUT2D eigenvalue weighted by Gasteiger charge is -2.08. The molecule has 1 rings (SSSR count). The minimum absolute atomic E-state index is 0.250. The quantitative estimate of drug-likeness (QED) is 0.616. The summed E-state index contributed by atoms with van der Waals surface area (Å²) < 4.78 is 24.4. The molecular weight excluding hydrogens is 259 g/mol. The fourth-order valence-electron chi connectivity index (χ4n) is 1.46. The van der Waals surface area contributed by atoms with Crippen molar-refractivity contribution in [2.24, 2.45) is 5.92 Å². The molecule has 0 saturated heterocycles. The molecule has 1 aromatic rings. The number of hydrogen-bond acceptors (Lipinski definition) is 3. The van der Waals surface area contributed by atoms with Gasteiger partial charge in [0.1, 0.15) is 24.8 Å². The van der Waals surface area contributed by atoms with Gasteiger partial charge in [0.15, 0.2) is 0 Å². The van der Waals surface area contributed by atoms with Crippen LogP contribution in [0.25, 0.3) is 0 Å². The molecule has 0 aromatic heterocycles.